The van der Waals surface area contributed by atoms with Crippen molar-refractivity contribution in [1.29, 1.82) is 0 Å². The first-order valence-corrected chi connectivity index (χ1v) is 8.04. The van der Waals surface area contributed by atoms with E-state index >= 15 is 0 Å². The second-order valence-electron chi connectivity index (χ2n) is 7.37. The van der Waals surface area contributed by atoms with Crippen LogP contribution in [0.4, 0.5) is 0 Å². The first-order valence-electron chi connectivity index (χ1n) is 8.04. The van der Waals surface area contributed by atoms with E-state index in [0.29, 0.717) is 36.2 Å². The number of fused-ring (bicyclic) bond motifs is 5. The molecule has 0 aliphatic heterocycles. The summed E-state index contributed by atoms with van der Waals surface area (Å²) in [6, 6.07) is 5.54. The Bertz CT molecular complexity index is 608. The van der Waals surface area contributed by atoms with Crippen LogP contribution < -0.4 is 0 Å². The highest BCUT2D eigenvalue weighted by atomic mass is 16.3. The molecule has 0 radical (unpaired) electrons. The molecule has 5 atom stereocenters. The maximum absolute atomic E-state index is 12.3. The lowest BCUT2D eigenvalue weighted by molar-refractivity contribution is -0.133. The monoisotopic (exact) mass is 286 g/mol. The number of carbonyl (C=O) groups is 1. The van der Waals surface area contributed by atoms with Crippen LogP contribution >= 0.6 is 0 Å². The van der Waals surface area contributed by atoms with Gasteiger partial charge in [0.25, 0.3) is 0 Å². The summed E-state index contributed by atoms with van der Waals surface area (Å²) in [4.78, 5) is 12.3. The topological polar surface area (TPSA) is 57.5 Å². The molecular formula is C18H22O3. The fourth-order valence-corrected chi connectivity index (χ4v) is 5.42. The van der Waals surface area contributed by atoms with Gasteiger partial charge in [0.15, 0.2) is 0 Å². The van der Waals surface area contributed by atoms with Crippen LogP contribution in [-0.4, -0.2) is 22.1 Å². The van der Waals surface area contributed by atoms with E-state index in [9.17, 15) is 15.0 Å². The van der Waals surface area contributed by atoms with E-state index in [1.807, 2.05) is 12.1 Å². The molecule has 3 aliphatic rings. The van der Waals surface area contributed by atoms with E-state index in [0.717, 1.165) is 19.3 Å². The molecule has 2 saturated carbocycles. The van der Waals surface area contributed by atoms with Crippen molar-refractivity contribution in [2.24, 2.45) is 17.3 Å². The van der Waals surface area contributed by atoms with Crippen LogP contribution in [-0.2, 0) is 11.2 Å². The highest BCUT2D eigenvalue weighted by Crippen LogP contribution is 2.59. The number of aromatic hydroxyl groups is 1. The molecule has 1 unspecified atom stereocenters. The fraction of sp³-hybridized carbons (Fsp3) is 0.611. The second-order valence-corrected chi connectivity index (χ2v) is 7.37. The lowest BCUT2D eigenvalue weighted by Crippen LogP contribution is -2.48. The maximum Gasteiger partial charge on any atom is 0.139 e. The molecule has 0 spiro atoms. The summed E-state index contributed by atoms with van der Waals surface area (Å²) in [7, 11) is 0. The van der Waals surface area contributed by atoms with E-state index < -0.39 is 6.10 Å². The highest BCUT2D eigenvalue weighted by molar-refractivity contribution is 5.87. The van der Waals surface area contributed by atoms with Crippen LogP contribution in [0.25, 0.3) is 0 Å². The Morgan fingerprint density at radius 2 is 2.05 bits per heavy atom. The first-order chi connectivity index (χ1) is 10.0. The molecule has 2 N–H and O–H groups in total. The number of hydrogen-bond acceptors (Lipinski definition) is 3. The third kappa shape index (κ3) is 1.73. The maximum atomic E-state index is 12.3. The summed E-state index contributed by atoms with van der Waals surface area (Å²) in [5.74, 6) is 1.61. The Morgan fingerprint density at radius 3 is 2.86 bits per heavy atom. The third-order valence-electron chi connectivity index (χ3n) is 6.40. The van der Waals surface area contributed by atoms with Crippen LogP contribution in [0.3, 0.4) is 0 Å². The number of rotatable bonds is 0. The predicted octanol–water partition coefficient (Wildman–Crippen LogP) is 2.79. The molecule has 2 fully saturated rings. The van der Waals surface area contributed by atoms with Crippen LogP contribution in [0.15, 0.2) is 18.2 Å². The van der Waals surface area contributed by atoms with E-state index in [1.165, 1.54) is 11.1 Å². The molecule has 0 bridgehead atoms. The summed E-state index contributed by atoms with van der Waals surface area (Å²) in [5, 5.41) is 20.4. The molecule has 3 heteroatoms. The van der Waals surface area contributed by atoms with E-state index in [1.54, 1.807) is 6.07 Å². The van der Waals surface area contributed by atoms with Gasteiger partial charge < -0.3 is 10.2 Å². The lowest BCUT2D eigenvalue weighted by atomic mass is 9.54. The summed E-state index contributed by atoms with van der Waals surface area (Å²) in [6.45, 7) is 2.07. The molecule has 3 aliphatic carbocycles. The zero-order valence-corrected chi connectivity index (χ0v) is 12.4. The molecule has 3 nitrogen and oxygen atoms in total. The summed E-state index contributed by atoms with van der Waals surface area (Å²) >= 11 is 0. The van der Waals surface area contributed by atoms with Crippen LogP contribution in [0.5, 0.6) is 5.75 Å². The second kappa shape index (κ2) is 4.33. The Morgan fingerprint density at radius 1 is 1.24 bits per heavy atom. The molecule has 0 heterocycles. The number of aliphatic hydroxyl groups is 1. The Balaban J connectivity index is 1.78. The minimum Gasteiger partial charge on any atom is -0.508 e. The quantitative estimate of drug-likeness (QED) is 0.771. The van der Waals surface area contributed by atoms with Gasteiger partial charge in [-0.05, 0) is 60.8 Å². The summed E-state index contributed by atoms with van der Waals surface area (Å²) < 4.78 is 0. The largest absolute Gasteiger partial charge is 0.508 e. The number of aliphatic hydroxyl groups excluding tert-OH is 1. The molecule has 112 valence electrons. The van der Waals surface area contributed by atoms with Crippen molar-refractivity contribution in [3.05, 3.63) is 29.3 Å². The number of phenols is 1. The fourth-order valence-electron chi connectivity index (χ4n) is 5.42. The van der Waals surface area contributed by atoms with Gasteiger partial charge in [0.2, 0.25) is 0 Å². The number of Topliss-reactive ketones (excluding diaryl/α,β-unsaturated/α-hetero) is 1. The van der Waals surface area contributed by atoms with Crippen LogP contribution in [0.2, 0.25) is 0 Å². The lowest BCUT2D eigenvalue weighted by Gasteiger charge is -2.50. The predicted molar refractivity (Wildman–Crippen MR) is 79.1 cm³/mol. The zero-order chi connectivity index (χ0) is 14.8. The highest BCUT2D eigenvalue weighted by Gasteiger charge is 2.57. The minimum atomic E-state index is -0.443. The van der Waals surface area contributed by atoms with Gasteiger partial charge in [0.1, 0.15) is 11.5 Å². The average molecular weight is 286 g/mol. The Hall–Kier alpha value is -1.35. The standard InChI is InChI=1S/C18H22O3/c1-18-9-15(20)17-12-5-3-11(19)8-10(12)2-4-13(17)14(18)6-7-16(18)21/h3,5,8,13-15,17,19-20H,2,4,6-7,9H2,1H3/t13?,14-,15-,17+,18-/m0/s1. The van der Waals surface area contributed by atoms with Gasteiger partial charge in [-0.15, -0.1) is 0 Å². The summed E-state index contributed by atoms with van der Waals surface area (Å²) in [6.07, 6.45) is 3.78. The van der Waals surface area contributed by atoms with Crippen molar-refractivity contribution in [3.8, 4) is 5.75 Å². The number of benzene rings is 1. The van der Waals surface area contributed by atoms with Crippen LogP contribution in [0, 0.1) is 17.3 Å². The van der Waals surface area contributed by atoms with E-state index in [-0.39, 0.29) is 11.3 Å². The van der Waals surface area contributed by atoms with Gasteiger partial charge in [0, 0.05) is 17.8 Å². The molecule has 1 aromatic rings. The molecule has 0 aromatic heterocycles. The molecule has 4 rings (SSSR count). The molecule has 0 saturated heterocycles. The Kier molecular flexibility index (Phi) is 2.74. The molecular weight excluding hydrogens is 264 g/mol. The van der Waals surface area contributed by atoms with Crippen molar-refractivity contribution in [2.75, 3.05) is 0 Å². The number of hydrogen-bond donors (Lipinski definition) is 2. The average Bonchev–Trinajstić information content (AvgIpc) is 2.74. The van der Waals surface area contributed by atoms with Crippen LogP contribution in [0.1, 0.15) is 49.7 Å². The molecule has 1 aromatic carbocycles. The van der Waals surface area contributed by atoms with Crippen molar-refractivity contribution in [2.45, 2.75) is 51.0 Å². The molecule has 21 heavy (non-hydrogen) atoms. The number of aryl methyl sites for hydroxylation is 1. The number of phenolic OH excluding ortho intramolecular Hbond substituents is 1. The van der Waals surface area contributed by atoms with E-state index in [2.05, 4.69) is 6.92 Å². The minimum absolute atomic E-state index is 0.137. The smallest absolute Gasteiger partial charge is 0.139 e. The van der Waals surface area contributed by atoms with Gasteiger partial charge in [-0.25, -0.2) is 0 Å². The normalized spacial score (nSPS) is 41.3. The van der Waals surface area contributed by atoms with Crippen molar-refractivity contribution in [1.82, 2.24) is 0 Å². The summed E-state index contributed by atoms with van der Waals surface area (Å²) in [5.41, 5.74) is 2.05. The number of ketones is 1. The Labute approximate surface area is 125 Å². The van der Waals surface area contributed by atoms with Crippen molar-refractivity contribution >= 4 is 5.78 Å². The van der Waals surface area contributed by atoms with Crippen molar-refractivity contribution in [3.63, 3.8) is 0 Å². The van der Waals surface area contributed by atoms with Gasteiger partial charge in [0.05, 0.1) is 6.10 Å². The van der Waals surface area contributed by atoms with Gasteiger partial charge in [-0.1, -0.05) is 13.0 Å². The van der Waals surface area contributed by atoms with Gasteiger partial charge in [-0.2, -0.15) is 0 Å². The number of carbonyl (C=O) groups excluding carboxylic acids is 1. The SMILES string of the molecule is C[C@]12C[C@H](O)[C@@H]3c4ccc(O)cc4CCC3[C@@H]1CCC2=O. The van der Waals surface area contributed by atoms with Gasteiger partial charge >= 0.3 is 0 Å². The van der Waals surface area contributed by atoms with Crippen molar-refractivity contribution < 1.29 is 15.0 Å². The van der Waals surface area contributed by atoms with Gasteiger partial charge in [-0.3, -0.25) is 4.79 Å². The molecule has 0 amide bonds. The zero-order valence-electron chi connectivity index (χ0n) is 12.4. The first kappa shape index (κ1) is 13.3. The van der Waals surface area contributed by atoms with E-state index in [4.69, 9.17) is 0 Å². The third-order valence-corrected chi connectivity index (χ3v) is 6.40.